The average Bonchev–Trinajstić information content (AvgIpc) is 2.45. The van der Waals surface area contributed by atoms with E-state index < -0.39 is 0 Å². The van der Waals surface area contributed by atoms with Crippen molar-refractivity contribution >= 4 is 23.2 Å². The molecule has 22 heavy (non-hydrogen) atoms. The Morgan fingerprint density at radius 3 is 2.27 bits per heavy atom. The van der Waals surface area contributed by atoms with Gasteiger partial charge in [0.15, 0.2) is 0 Å². The largest absolute Gasteiger partial charge is 0.385 e. The second-order valence-electron chi connectivity index (χ2n) is 5.44. The minimum atomic E-state index is -0.0911. The normalized spacial score (nSPS) is 10.4. The predicted molar refractivity (Wildman–Crippen MR) is 90.0 cm³/mol. The van der Waals surface area contributed by atoms with Gasteiger partial charge in [0.05, 0.1) is 0 Å². The summed E-state index contributed by atoms with van der Waals surface area (Å²) in [4.78, 5) is 24.7. The molecule has 0 spiro atoms. The summed E-state index contributed by atoms with van der Waals surface area (Å²) in [5, 5.41) is 8.79. The second-order valence-corrected chi connectivity index (χ2v) is 5.44. The van der Waals surface area contributed by atoms with Gasteiger partial charge in [-0.25, -0.2) is 0 Å². The van der Waals surface area contributed by atoms with Crippen LogP contribution in [0.15, 0.2) is 24.3 Å². The van der Waals surface area contributed by atoms with Crippen molar-refractivity contribution in [1.29, 1.82) is 0 Å². The van der Waals surface area contributed by atoms with Crippen LogP contribution in [-0.4, -0.2) is 50.4 Å². The molecule has 2 amide bonds. The Kier molecular flexibility index (Phi) is 7.99. The zero-order chi connectivity index (χ0) is 16.4. The molecular formula is C16H26N4O2. The van der Waals surface area contributed by atoms with Gasteiger partial charge in [-0.2, -0.15) is 0 Å². The molecular weight excluding hydrogens is 280 g/mol. The van der Waals surface area contributed by atoms with E-state index in [0.29, 0.717) is 19.5 Å². The van der Waals surface area contributed by atoms with E-state index in [-0.39, 0.29) is 11.8 Å². The number of carbonyl (C=O) groups is 2. The smallest absolute Gasteiger partial charge is 0.221 e. The topological polar surface area (TPSA) is 73.5 Å². The van der Waals surface area contributed by atoms with Crippen molar-refractivity contribution in [3.05, 3.63) is 24.3 Å². The number of amides is 2. The highest BCUT2D eigenvalue weighted by Crippen LogP contribution is 2.13. The van der Waals surface area contributed by atoms with Crippen LogP contribution in [-0.2, 0) is 9.59 Å². The van der Waals surface area contributed by atoms with Gasteiger partial charge in [0, 0.05) is 37.8 Å². The third-order valence-corrected chi connectivity index (χ3v) is 2.99. The summed E-state index contributed by atoms with van der Waals surface area (Å²) in [5.74, 6) is -0.0345. The van der Waals surface area contributed by atoms with Crippen LogP contribution in [0.4, 0.5) is 11.4 Å². The van der Waals surface area contributed by atoms with Crippen LogP contribution in [0.5, 0.6) is 0 Å². The summed E-state index contributed by atoms with van der Waals surface area (Å²) >= 11 is 0. The molecule has 0 aliphatic carbocycles. The van der Waals surface area contributed by atoms with Crippen LogP contribution in [0.25, 0.3) is 0 Å². The summed E-state index contributed by atoms with van der Waals surface area (Å²) in [5.41, 5.74) is 1.69. The third kappa shape index (κ3) is 8.26. The minimum Gasteiger partial charge on any atom is -0.385 e. The highest BCUT2D eigenvalue weighted by molar-refractivity contribution is 5.88. The minimum absolute atomic E-state index is 0.0566. The predicted octanol–water partition coefficient (Wildman–Crippen LogP) is 1.51. The molecule has 0 heterocycles. The van der Waals surface area contributed by atoms with Gasteiger partial charge in [0.25, 0.3) is 0 Å². The lowest BCUT2D eigenvalue weighted by molar-refractivity contribution is -0.120. The first-order valence-electron chi connectivity index (χ1n) is 7.50. The van der Waals surface area contributed by atoms with Gasteiger partial charge in [0.2, 0.25) is 11.8 Å². The number of hydrogen-bond acceptors (Lipinski definition) is 4. The third-order valence-electron chi connectivity index (χ3n) is 2.99. The van der Waals surface area contributed by atoms with E-state index in [1.807, 2.05) is 38.4 Å². The molecule has 0 saturated carbocycles. The molecule has 0 saturated heterocycles. The van der Waals surface area contributed by atoms with Crippen molar-refractivity contribution in [3.8, 4) is 0 Å². The molecule has 0 aliphatic rings. The van der Waals surface area contributed by atoms with Crippen molar-refractivity contribution in [2.75, 3.05) is 44.4 Å². The first-order valence-corrected chi connectivity index (χ1v) is 7.50. The quantitative estimate of drug-likeness (QED) is 0.605. The van der Waals surface area contributed by atoms with Gasteiger partial charge in [0.1, 0.15) is 0 Å². The first-order chi connectivity index (χ1) is 10.5. The molecule has 0 unspecified atom stereocenters. The molecule has 0 radical (unpaired) electrons. The van der Waals surface area contributed by atoms with Crippen LogP contribution >= 0.6 is 0 Å². The molecule has 6 heteroatoms. The Bertz CT molecular complexity index is 472. The SMILES string of the molecule is CC(=O)Nc1ccc(NCCC(=O)NCCCN(C)C)cc1. The van der Waals surface area contributed by atoms with E-state index in [1.54, 1.807) is 0 Å². The number of nitrogens with one attached hydrogen (secondary N) is 3. The van der Waals surface area contributed by atoms with Crippen LogP contribution in [0.3, 0.4) is 0 Å². The van der Waals surface area contributed by atoms with Gasteiger partial charge in [-0.15, -0.1) is 0 Å². The number of carbonyl (C=O) groups excluding carboxylic acids is 2. The van der Waals surface area contributed by atoms with Crippen molar-refractivity contribution in [2.24, 2.45) is 0 Å². The molecule has 0 aromatic heterocycles. The molecule has 0 bridgehead atoms. The number of nitrogens with zero attached hydrogens (tertiary/aromatic N) is 1. The Balaban J connectivity index is 2.18. The average molecular weight is 306 g/mol. The first kappa shape index (κ1) is 18.0. The molecule has 1 aromatic rings. The lowest BCUT2D eigenvalue weighted by atomic mass is 10.2. The molecule has 1 rings (SSSR count). The van der Waals surface area contributed by atoms with Gasteiger partial charge in [-0.1, -0.05) is 0 Å². The maximum atomic E-state index is 11.6. The van der Waals surface area contributed by atoms with Gasteiger partial charge >= 0.3 is 0 Å². The zero-order valence-electron chi connectivity index (χ0n) is 13.6. The Morgan fingerprint density at radius 2 is 1.68 bits per heavy atom. The van der Waals surface area contributed by atoms with Crippen LogP contribution in [0.2, 0.25) is 0 Å². The standard InChI is InChI=1S/C16H26N4O2/c1-13(21)19-15-7-5-14(6-8-15)17-11-9-16(22)18-10-4-12-20(2)3/h5-8,17H,4,9-12H2,1-3H3,(H,18,22)(H,19,21). The fourth-order valence-electron chi connectivity index (χ4n) is 1.91. The summed E-state index contributed by atoms with van der Waals surface area (Å²) in [6.07, 6.45) is 1.40. The molecule has 1 aromatic carbocycles. The Labute approximate surface area is 132 Å². The zero-order valence-corrected chi connectivity index (χ0v) is 13.6. The lowest BCUT2D eigenvalue weighted by Crippen LogP contribution is -2.28. The van der Waals surface area contributed by atoms with E-state index >= 15 is 0 Å². The van der Waals surface area contributed by atoms with Gasteiger partial charge < -0.3 is 20.9 Å². The van der Waals surface area contributed by atoms with Crippen molar-refractivity contribution in [1.82, 2.24) is 10.2 Å². The van der Waals surface area contributed by atoms with Gasteiger partial charge in [-0.05, 0) is 51.3 Å². The van der Waals surface area contributed by atoms with Crippen molar-refractivity contribution in [3.63, 3.8) is 0 Å². The van der Waals surface area contributed by atoms with Crippen LogP contribution in [0, 0.1) is 0 Å². The van der Waals surface area contributed by atoms with E-state index in [1.165, 1.54) is 6.92 Å². The molecule has 122 valence electrons. The summed E-state index contributed by atoms with van der Waals surface area (Å²) in [6, 6.07) is 7.40. The van der Waals surface area contributed by atoms with Crippen LogP contribution in [0.1, 0.15) is 19.8 Å². The molecule has 3 N–H and O–H groups in total. The monoisotopic (exact) mass is 306 g/mol. The summed E-state index contributed by atoms with van der Waals surface area (Å²) in [7, 11) is 4.03. The fraction of sp³-hybridized carbons (Fsp3) is 0.500. The Morgan fingerprint density at radius 1 is 1.05 bits per heavy atom. The number of hydrogen-bond donors (Lipinski definition) is 3. The molecule has 0 fully saturated rings. The van der Waals surface area contributed by atoms with Crippen molar-refractivity contribution in [2.45, 2.75) is 19.8 Å². The number of anilines is 2. The van der Waals surface area contributed by atoms with E-state index in [4.69, 9.17) is 0 Å². The lowest BCUT2D eigenvalue weighted by Gasteiger charge is -2.10. The number of rotatable bonds is 9. The fourth-order valence-corrected chi connectivity index (χ4v) is 1.91. The van der Waals surface area contributed by atoms with Crippen LogP contribution < -0.4 is 16.0 Å². The maximum Gasteiger partial charge on any atom is 0.221 e. The molecule has 6 nitrogen and oxygen atoms in total. The van der Waals surface area contributed by atoms with E-state index in [2.05, 4.69) is 20.9 Å². The second kappa shape index (κ2) is 9.78. The highest BCUT2D eigenvalue weighted by Gasteiger charge is 2.01. The summed E-state index contributed by atoms with van der Waals surface area (Å²) < 4.78 is 0. The van der Waals surface area contributed by atoms with Gasteiger partial charge in [-0.3, -0.25) is 9.59 Å². The Hall–Kier alpha value is -2.08. The molecule has 0 aliphatic heterocycles. The molecule has 0 atom stereocenters. The maximum absolute atomic E-state index is 11.6. The highest BCUT2D eigenvalue weighted by atomic mass is 16.2. The van der Waals surface area contributed by atoms with E-state index in [0.717, 1.165) is 24.3 Å². The number of benzene rings is 1. The van der Waals surface area contributed by atoms with E-state index in [9.17, 15) is 9.59 Å². The summed E-state index contributed by atoms with van der Waals surface area (Å²) in [6.45, 7) is 3.74. The van der Waals surface area contributed by atoms with Crippen molar-refractivity contribution < 1.29 is 9.59 Å².